The molecule has 0 spiro atoms. The van der Waals surface area contributed by atoms with Gasteiger partial charge >= 0.3 is 0 Å². The average Bonchev–Trinajstić information content (AvgIpc) is 2.97. The van der Waals surface area contributed by atoms with Gasteiger partial charge in [-0.05, 0) is 31.4 Å². The Morgan fingerprint density at radius 3 is 3.00 bits per heavy atom. The van der Waals surface area contributed by atoms with Gasteiger partial charge in [0.05, 0.1) is 17.5 Å². The number of ether oxygens (including phenoxy) is 1. The molecule has 0 radical (unpaired) electrons. The van der Waals surface area contributed by atoms with Crippen LogP contribution in [0.4, 0.5) is 10.1 Å². The lowest BCUT2D eigenvalue weighted by Crippen LogP contribution is -2.35. The Balaban J connectivity index is 1.86. The van der Waals surface area contributed by atoms with Gasteiger partial charge in [0, 0.05) is 18.7 Å². The summed E-state index contributed by atoms with van der Waals surface area (Å²) in [7, 11) is -3.43. The molecule has 1 atom stereocenters. The van der Waals surface area contributed by atoms with Crippen LogP contribution in [0.25, 0.3) is 0 Å². The molecule has 2 aliphatic rings. The highest BCUT2D eigenvalue weighted by Crippen LogP contribution is 2.32. The van der Waals surface area contributed by atoms with Gasteiger partial charge in [-0.25, -0.2) is 12.8 Å². The predicted molar refractivity (Wildman–Crippen MR) is 70.2 cm³/mol. The molecule has 0 bridgehead atoms. The third kappa shape index (κ3) is 2.34. The summed E-state index contributed by atoms with van der Waals surface area (Å²) in [5.41, 5.74) is 0.983. The van der Waals surface area contributed by atoms with Crippen LogP contribution in [0.2, 0.25) is 0 Å². The summed E-state index contributed by atoms with van der Waals surface area (Å²) < 4.78 is 45.1. The van der Waals surface area contributed by atoms with Crippen molar-refractivity contribution in [2.75, 3.05) is 23.2 Å². The van der Waals surface area contributed by atoms with Crippen LogP contribution in [-0.4, -0.2) is 33.4 Å². The second kappa shape index (κ2) is 4.76. The molecule has 2 heterocycles. The fraction of sp³-hybridized carbons (Fsp3) is 0.538. The van der Waals surface area contributed by atoms with E-state index in [4.69, 9.17) is 4.74 Å². The van der Waals surface area contributed by atoms with Crippen molar-refractivity contribution in [3.8, 4) is 0 Å². The maximum atomic E-state index is 13.6. The number of hydrogen-bond acceptors (Lipinski definition) is 3. The van der Waals surface area contributed by atoms with E-state index in [-0.39, 0.29) is 17.7 Å². The minimum Gasteiger partial charge on any atom is -0.377 e. The van der Waals surface area contributed by atoms with Gasteiger partial charge < -0.3 is 4.74 Å². The Morgan fingerprint density at radius 2 is 2.26 bits per heavy atom. The molecule has 3 rings (SSSR count). The first-order valence-electron chi connectivity index (χ1n) is 6.47. The van der Waals surface area contributed by atoms with Crippen molar-refractivity contribution in [2.45, 2.75) is 25.4 Å². The van der Waals surface area contributed by atoms with Crippen molar-refractivity contribution < 1.29 is 17.5 Å². The van der Waals surface area contributed by atoms with Crippen LogP contribution in [0.5, 0.6) is 0 Å². The van der Waals surface area contributed by atoms with Crippen molar-refractivity contribution in [1.82, 2.24) is 0 Å². The smallest absolute Gasteiger partial charge is 0.237 e. The zero-order valence-corrected chi connectivity index (χ0v) is 11.3. The Morgan fingerprint density at radius 1 is 1.42 bits per heavy atom. The van der Waals surface area contributed by atoms with E-state index in [0.29, 0.717) is 30.8 Å². The maximum Gasteiger partial charge on any atom is 0.237 e. The van der Waals surface area contributed by atoms with E-state index in [1.54, 1.807) is 12.1 Å². The first kappa shape index (κ1) is 12.9. The number of sulfonamides is 1. The first-order chi connectivity index (χ1) is 9.08. The summed E-state index contributed by atoms with van der Waals surface area (Å²) in [6.07, 6.45) is 1.91. The highest BCUT2D eigenvalue weighted by molar-refractivity contribution is 7.92. The number of nitrogens with zero attached hydrogens (tertiary/aromatic N) is 1. The molecule has 6 heteroatoms. The SMILES string of the molecule is O=S(=O)(CC1CCCO1)N1CCc2c(F)cccc21. The second-order valence-electron chi connectivity index (χ2n) is 4.97. The van der Waals surface area contributed by atoms with Crippen molar-refractivity contribution in [1.29, 1.82) is 0 Å². The van der Waals surface area contributed by atoms with E-state index in [0.717, 1.165) is 12.8 Å². The third-order valence-corrected chi connectivity index (χ3v) is 5.53. The number of halogens is 1. The molecule has 0 amide bonds. The van der Waals surface area contributed by atoms with Crippen molar-refractivity contribution in [3.05, 3.63) is 29.6 Å². The molecule has 0 N–H and O–H groups in total. The summed E-state index contributed by atoms with van der Waals surface area (Å²) in [5, 5.41) is 0. The molecule has 1 aromatic carbocycles. The lowest BCUT2D eigenvalue weighted by atomic mass is 10.1. The number of fused-ring (bicyclic) bond motifs is 1. The number of hydrogen-bond donors (Lipinski definition) is 0. The molecule has 1 saturated heterocycles. The fourth-order valence-corrected chi connectivity index (χ4v) is 4.50. The molecular weight excluding hydrogens is 269 g/mol. The Labute approximate surface area is 112 Å². The van der Waals surface area contributed by atoms with Gasteiger partial charge in [-0.1, -0.05) is 6.07 Å². The molecule has 2 aliphatic heterocycles. The van der Waals surface area contributed by atoms with E-state index < -0.39 is 10.0 Å². The lowest BCUT2D eigenvalue weighted by molar-refractivity contribution is 0.127. The summed E-state index contributed by atoms with van der Waals surface area (Å²) in [6.45, 7) is 0.955. The van der Waals surface area contributed by atoms with Crippen LogP contribution >= 0.6 is 0 Å². The standard InChI is InChI=1S/C13H16FNO3S/c14-12-4-1-5-13-11(12)6-7-15(13)19(16,17)9-10-3-2-8-18-10/h1,4-5,10H,2-3,6-9H2. The summed E-state index contributed by atoms with van der Waals surface area (Å²) in [5.74, 6) is -0.338. The van der Waals surface area contributed by atoms with E-state index in [2.05, 4.69) is 0 Å². The highest BCUT2D eigenvalue weighted by atomic mass is 32.2. The van der Waals surface area contributed by atoms with Gasteiger partial charge in [0.1, 0.15) is 5.82 Å². The van der Waals surface area contributed by atoms with Crippen LogP contribution in [-0.2, 0) is 21.2 Å². The molecular formula is C13H16FNO3S. The zero-order chi connectivity index (χ0) is 13.5. The lowest BCUT2D eigenvalue weighted by Gasteiger charge is -2.21. The molecule has 1 unspecified atom stereocenters. The predicted octanol–water partition coefficient (Wildman–Crippen LogP) is 1.70. The molecule has 4 nitrogen and oxygen atoms in total. The number of anilines is 1. The second-order valence-corrected chi connectivity index (χ2v) is 6.91. The summed E-state index contributed by atoms with van der Waals surface area (Å²) >= 11 is 0. The molecule has 0 aliphatic carbocycles. The minimum atomic E-state index is -3.43. The van der Waals surface area contributed by atoms with Gasteiger partial charge in [-0.3, -0.25) is 4.31 Å². The quantitative estimate of drug-likeness (QED) is 0.849. The van der Waals surface area contributed by atoms with Crippen LogP contribution in [0.1, 0.15) is 18.4 Å². The fourth-order valence-electron chi connectivity index (χ4n) is 2.75. The Hall–Kier alpha value is -1.14. The maximum absolute atomic E-state index is 13.6. The highest BCUT2D eigenvalue weighted by Gasteiger charge is 2.33. The molecule has 19 heavy (non-hydrogen) atoms. The normalized spacial score (nSPS) is 22.8. The van der Waals surface area contributed by atoms with Gasteiger partial charge in [-0.2, -0.15) is 0 Å². The largest absolute Gasteiger partial charge is 0.377 e. The van der Waals surface area contributed by atoms with Crippen LogP contribution in [0.3, 0.4) is 0 Å². The third-order valence-electron chi connectivity index (χ3n) is 3.68. The van der Waals surface area contributed by atoms with Crippen LogP contribution in [0.15, 0.2) is 18.2 Å². The summed E-state index contributed by atoms with van der Waals surface area (Å²) in [6, 6.07) is 4.58. The Kier molecular flexibility index (Phi) is 3.22. The molecule has 104 valence electrons. The van der Waals surface area contributed by atoms with Gasteiger partial charge in [-0.15, -0.1) is 0 Å². The van der Waals surface area contributed by atoms with E-state index in [1.807, 2.05) is 0 Å². The average molecular weight is 285 g/mol. The van der Waals surface area contributed by atoms with Gasteiger partial charge in [0.25, 0.3) is 0 Å². The summed E-state index contributed by atoms with van der Waals surface area (Å²) in [4.78, 5) is 0. The van der Waals surface area contributed by atoms with Crippen molar-refractivity contribution in [3.63, 3.8) is 0 Å². The molecule has 0 saturated carbocycles. The first-order valence-corrected chi connectivity index (χ1v) is 8.08. The van der Waals surface area contributed by atoms with Crippen molar-refractivity contribution in [2.24, 2.45) is 0 Å². The van der Waals surface area contributed by atoms with E-state index in [9.17, 15) is 12.8 Å². The van der Waals surface area contributed by atoms with E-state index in [1.165, 1.54) is 10.4 Å². The Bertz CT molecular complexity index is 582. The van der Waals surface area contributed by atoms with Crippen molar-refractivity contribution >= 4 is 15.7 Å². The monoisotopic (exact) mass is 285 g/mol. The zero-order valence-electron chi connectivity index (χ0n) is 10.5. The minimum absolute atomic E-state index is 0.0110. The number of rotatable bonds is 3. The van der Waals surface area contributed by atoms with Gasteiger partial charge in [0.15, 0.2) is 0 Å². The molecule has 0 aromatic heterocycles. The number of benzene rings is 1. The molecule has 1 fully saturated rings. The van der Waals surface area contributed by atoms with Gasteiger partial charge in [0.2, 0.25) is 10.0 Å². The topological polar surface area (TPSA) is 46.6 Å². The van der Waals surface area contributed by atoms with Crippen LogP contribution in [0, 0.1) is 5.82 Å². The van der Waals surface area contributed by atoms with Crippen LogP contribution < -0.4 is 4.31 Å². The van der Waals surface area contributed by atoms with E-state index >= 15 is 0 Å². The molecule has 1 aromatic rings.